The average Bonchev–Trinajstić information content (AvgIpc) is 2.38. The summed E-state index contributed by atoms with van der Waals surface area (Å²) in [5.41, 5.74) is 10.6. The summed E-state index contributed by atoms with van der Waals surface area (Å²) in [6, 6.07) is 0. The smallest absolute Gasteiger partial charge is 0.316 e. The number of rotatable bonds is 5. The third-order valence-electron chi connectivity index (χ3n) is 2.03. The number of nitrogens with zero attached hydrogens (tertiary/aromatic N) is 4. The van der Waals surface area contributed by atoms with Crippen LogP contribution in [-0.4, -0.2) is 49.0 Å². The first-order valence-electron chi connectivity index (χ1n) is 5.25. The van der Waals surface area contributed by atoms with Crippen molar-refractivity contribution in [2.45, 2.75) is 0 Å². The van der Waals surface area contributed by atoms with Gasteiger partial charge in [-0.15, -0.1) is 0 Å². The van der Waals surface area contributed by atoms with E-state index in [0.29, 0.717) is 0 Å². The lowest BCUT2D eigenvalue weighted by Crippen LogP contribution is -2.33. The molecule has 1 amide bonds. The third kappa shape index (κ3) is 4.40. The molecular formula is C8H13ClN8O3S. The van der Waals surface area contributed by atoms with Crippen molar-refractivity contribution >= 4 is 45.7 Å². The highest BCUT2D eigenvalue weighted by molar-refractivity contribution is 7.87. The standard InChI is InChI=1S/C8H13ClN8O3S/c1-17(2)21(19,20)16-13-3-12-8(18)4-6(10)15-7(11)5(9)14-4/h3,16H,1-2H3,(H4,10,11,15)(H,12,13,18). The second kappa shape index (κ2) is 6.51. The average molecular weight is 337 g/mol. The topological polar surface area (TPSA) is 169 Å². The molecule has 1 aromatic rings. The predicted molar refractivity (Wildman–Crippen MR) is 77.6 cm³/mol. The van der Waals surface area contributed by atoms with Crippen molar-refractivity contribution in [1.29, 1.82) is 0 Å². The Hall–Kier alpha value is -2.18. The van der Waals surface area contributed by atoms with Crippen LogP contribution in [0.3, 0.4) is 0 Å². The van der Waals surface area contributed by atoms with Gasteiger partial charge < -0.3 is 16.8 Å². The van der Waals surface area contributed by atoms with Crippen molar-refractivity contribution in [3.8, 4) is 0 Å². The third-order valence-corrected chi connectivity index (χ3v) is 3.60. The molecular weight excluding hydrogens is 324 g/mol. The highest BCUT2D eigenvalue weighted by Crippen LogP contribution is 2.16. The number of amides is 1. The molecule has 0 fully saturated rings. The minimum absolute atomic E-state index is 0.113. The summed E-state index contributed by atoms with van der Waals surface area (Å²) >= 11 is 5.62. The van der Waals surface area contributed by atoms with Crippen LogP contribution in [0, 0.1) is 0 Å². The number of hydrogen-bond acceptors (Lipinski definition) is 8. The molecule has 0 aliphatic carbocycles. The number of halogens is 1. The summed E-state index contributed by atoms with van der Waals surface area (Å²) in [4.78, 5) is 20.8. The molecule has 0 unspecified atom stereocenters. The second-order valence-electron chi connectivity index (χ2n) is 3.74. The van der Waals surface area contributed by atoms with Crippen LogP contribution in [0.25, 0.3) is 0 Å². The molecule has 11 nitrogen and oxygen atoms in total. The maximum atomic E-state index is 11.7. The highest BCUT2D eigenvalue weighted by atomic mass is 35.5. The summed E-state index contributed by atoms with van der Waals surface area (Å²) in [5, 5.41) is 5.28. The number of hydrazone groups is 1. The van der Waals surface area contributed by atoms with Gasteiger partial charge in [-0.3, -0.25) is 4.79 Å². The molecule has 13 heteroatoms. The van der Waals surface area contributed by atoms with Crippen LogP contribution in [0.1, 0.15) is 10.5 Å². The van der Waals surface area contributed by atoms with Gasteiger partial charge in [0.05, 0.1) is 0 Å². The number of carbonyl (C=O) groups excluding carboxylic acids is 1. The van der Waals surface area contributed by atoms with Crippen molar-refractivity contribution in [3.63, 3.8) is 0 Å². The molecule has 0 radical (unpaired) electrons. The molecule has 1 aromatic heterocycles. The lowest BCUT2D eigenvalue weighted by atomic mass is 10.4. The zero-order valence-electron chi connectivity index (χ0n) is 11.0. The number of carbonyl (C=O) groups is 1. The molecule has 0 spiro atoms. The number of nitrogens with one attached hydrogen (secondary N) is 2. The number of nitrogen functional groups attached to an aromatic ring is 2. The van der Waals surface area contributed by atoms with Gasteiger partial charge in [0.15, 0.2) is 22.5 Å². The van der Waals surface area contributed by atoms with Crippen LogP contribution in [-0.2, 0) is 10.2 Å². The zero-order chi connectivity index (χ0) is 16.2. The van der Waals surface area contributed by atoms with Crippen molar-refractivity contribution in [2.24, 2.45) is 5.10 Å². The Kier molecular flexibility index (Phi) is 5.23. The van der Waals surface area contributed by atoms with Crippen molar-refractivity contribution in [1.82, 2.24) is 24.4 Å². The van der Waals surface area contributed by atoms with Gasteiger partial charge >= 0.3 is 10.2 Å². The molecule has 116 valence electrons. The molecule has 0 aliphatic heterocycles. The summed E-state index contributed by atoms with van der Waals surface area (Å²) < 4.78 is 23.5. The summed E-state index contributed by atoms with van der Waals surface area (Å²) in [6.07, 6.45) is 0.814. The Bertz CT molecular complexity index is 674. The Morgan fingerprint density at radius 1 is 1.33 bits per heavy atom. The molecule has 1 rings (SSSR count). The molecule has 1 heterocycles. The normalized spacial score (nSPS) is 11.8. The fraction of sp³-hybridized carbons (Fsp3) is 0.250. The molecule has 0 aliphatic rings. The van der Waals surface area contributed by atoms with Crippen molar-refractivity contribution < 1.29 is 13.2 Å². The minimum Gasteiger partial charge on any atom is -0.382 e. The van der Waals surface area contributed by atoms with Gasteiger partial charge in [-0.25, -0.2) is 9.97 Å². The van der Waals surface area contributed by atoms with Crippen LogP contribution >= 0.6 is 11.6 Å². The van der Waals surface area contributed by atoms with E-state index >= 15 is 0 Å². The molecule has 0 bridgehead atoms. The van der Waals surface area contributed by atoms with Gasteiger partial charge in [0, 0.05) is 14.1 Å². The highest BCUT2D eigenvalue weighted by Gasteiger charge is 2.15. The predicted octanol–water partition coefficient (Wildman–Crippen LogP) is -1.64. The molecule has 6 N–H and O–H groups in total. The van der Waals surface area contributed by atoms with Crippen molar-refractivity contribution in [2.75, 3.05) is 25.6 Å². The fourth-order valence-corrected chi connectivity index (χ4v) is 1.42. The number of anilines is 2. The number of hydrogen-bond donors (Lipinski definition) is 4. The molecule has 0 atom stereocenters. The van der Waals surface area contributed by atoms with E-state index in [1.54, 1.807) is 0 Å². The van der Waals surface area contributed by atoms with Crippen LogP contribution in [0.4, 0.5) is 11.6 Å². The van der Waals surface area contributed by atoms with Gasteiger partial charge in [0.1, 0.15) is 6.34 Å². The van der Waals surface area contributed by atoms with Crippen molar-refractivity contribution in [3.05, 3.63) is 10.8 Å². The van der Waals surface area contributed by atoms with Crippen LogP contribution in [0.5, 0.6) is 0 Å². The van der Waals surface area contributed by atoms with Crippen LogP contribution in [0.15, 0.2) is 5.10 Å². The SMILES string of the molecule is CN(C)S(=O)(=O)NN=CNC(=O)c1nc(Cl)c(N)nc1N. The molecule has 0 aromatic carbocycles. The monoisotopic (exact) mass is 336 g/mol. The van der Waals surface area contributed by atoms with E-state index < -0.39 is 16.1 Å². The Balaban J connectivity index is 2.73. The Labute approximate surface area is 125 Å². The van der Waals surface area contributed by atoms with Crippen LogP contribution in [0.2, 0.25) is 5.15 Å². The number of nitrogens with two attached hydrogens (primary N) is 2. The van der Waals surface area contributed by atoms with E-state index in [2.05, 4.69) is 20.4 Å². The fourth-order valence-electron chi connectivity index (χ4n) is 0.943. The van der Waals surface area contributed by atoms with Gasteiger partial charge in [-0.2, -0.15) is 22.7 Å². The second-order valence-corrected chi connectivity index (χ2v) is 5.96. The van der Waals surface area contributed by atoms with E-state index in [1.807, 2.05) is 4.83 Å². The van der Waals surface area contributed by atoms with Crippen LogP contribution < -0.4 is 21.6 Å². The zero-order valence-corrected chi connectivity index (χ0v) is 12.6. The van der Waals surface area contributed by atoms with E-state index in [4.69, 9.17) is 23.1 Å². The van der Waals surface area contributed by atoms with E-state index in [0.717, 1.165) is 10.6 Å². The first-order valence-corrected chi connectivity index (χ1v) is 7.07. The van der Waals surface area contributed by atoms with Gasteiger partial charge in [0.2, 0.25) is 0 Å². The van der Waals surface area contributed by atoms with E-state index in [1.165, 1.54) is 14.1 Å². The summed E-state index contributed by atoms with van der Waals surface area (Å²) in [5.74, 6) is -1.12. The lowest BCUT2D eigenvalue weighted by molar-refractivity contribution is 0.0974. The maximum Gasteiger partial charge on any atom is 0.316 e. The molecule has 0 saturated heterocycles. The quantitative estimate of drug-likeness (QED) is 0.284. The first-order chi connectivity index (χ1) is 9.65. The maximum absolute atomic E-state index is 11.7. The van der Waals surface area contributed by atoms with Gasteiger partial charge in [-0.05, 0) is 0 Å². The largest absolute Gasteiger partial charge is 0.382 e. The minimum atomic E-state index is -3.74. The first kappa shape index (κ1) is 16.9. The van der Waals surface area contributed by atoms with Gasteiger partial charge in [0.25, 0.3) is 5.91 Å². The number of aromatic nitrogens is 2. The Morgan fingerprint density at radius 3 is 2.52 bits per heavy atom. The van der Waals surface area contributed by atoms with Gasteiger partial charge in [-0.1, -0.05) is 11.6 Å². The summed E-state index contributed by atoms with van der Waals surface area (Å²) in [7, 11) is -1.12. The summed E-state index contributed by atoms with van der Waals surface area (Å²) in [6.45, 7) is 0. The lowest BCUT2D eigenvalue weighted by Gasteiger charge is -2.09. The Morgan fingerprint density at radius 2 is 1.95 bits per heavy atom. The molecule has 0 saturated carbocycles. The van der Waals surface area contributed by atoms with E-state index in [9.17, 15) is 13.2 Å². The molecule has 21 heavy (non-hydrogen) atoms. The van der Waals surface area contributed by atoms with E-state index in [-0.39, 0.29) is 22.5 Å².